The molecule has 17 heavy (non-hydrogen) atoms. The van der Waals surface area contributed by atoms with E-state index in [9.17, 15) is 4.79 Å². The third-order valence-electron chi connectivity index (χ3n) is 3.41. The number of anilines is 1. The van der Waals surface area contributed by atoms with E-state index in [4.69, 9.17) is 5.73 Å². The molecule has 0 saturated heterocycles. The average Bonchev–Trinajstić information content (AvgIpc) is 2.58. The number of aromatic nitrogens is 1. The second kappa shape index (κ2) is 5.14. The third kappa shape index (κ3) is 2.84. The largest absolute Gasteiger partial charge is 0.327 e. The highest BCUT2D eigenvalue weighted by molar-refractivity contribution is 7.15. The second-order valence-electron chi connectivity index (χ2n) is 4.70. The number of rotatable bonds is 2. The van der Waals surface area contributed by atoms with Crippen molar-refractivity contribution in [3.8, 4) is 0 Å². The molecule has 0 radical (unpaired) electrons. The molecule has 4 nitrogen and oxygen atoms in total. The molecular formula is C12H19N3OS. The molecule has 5 heteroatoms. The maximum atomic E-state index is 12.1. The zero-order valence-corrected chi connectivity index (χ0v) is 11.1. The molecule has 1 fully saturated rings. The van der Waals surface area contributed by atoms with E-state index in [1.54, 1.807) is 0 Å². The average molecular weight is 253 g/mol. The van der Waals surface area contributed by atoms with Crippen molar-refractivity contribution in [3.63, 3.8) is 0 Å². The van der Waals surface area contributed by atoms with E-state index in [-0.39, 0.29) is 17.9 Å². The van der Waals surface area contributed by atoms with Crippen LogP contribution in [0.25, 0.3) is 0 Å². The van der Waals surface area contributed by atoms with Gasteiger partial charge in [0.25, 0.3) is 0 Å². The first kappa shape index (κ1) is 12.5. The van der Waals surface area contributed by atoms with Crippen LogP contribution < -0.4 is 11.1 Å². The van der Waals surface area contributed by atoms with Gasteiger partial charge in [0.1, 0.15) is 0 Å². The lowest BCUT2D eigenvalue weighted by atomic mass is 9.84. The fourth-order valence-electron chi connectivity index (χ4n) is 2.21. The summed E-state index contributed by atoms with van der Waals surface area (Å²) >= 11 is 1.52. The molecule has 0 bridgehead atoms. The molecule has 1 aliphatic carbocycles. The van der Waals surface area contributed by atoms with Crippen LogP contribution in [0.3, 0.4) is 0 Å². The number of nitrogens with one attached hydrogen (secondary N) is 1. The Balaban J connectivity index is 2.00. The lowest BCUT2D eigenvalue weighted by Gasteiger charge is -2.26. The van der Waals surface area contributed by atoms with Crippen LogP contribution in [0.1, 0.15) is 36.3 Å². The molecule has 94 valence electrons. The van der Waals surface area contributed by atoms with E-state index < -0.39 is 0 Å². The quantitative estimate of drug-likeness (QED) is 0.849. The number of carbonyl (C=O) groups is 1. The molecular weight excluding hydrogens is 234 g/mol. The Kier molecular flexibility index (Phi) is 3.79. The van der Waals surface area contributed by atoms with E-state index in [0.29, 0.717) is 5.13 Å². The van der Waals surface area contributed by atoms with Gasteiger partial charge in [-0.25, -0.2) is 4.98 Å². The van der Waals surface area contributed by atoms with E-state index in [2.05, 4.69) is 10.3 Å². The van der Waals surface area contributed by atoms with Crippen molar-refractivity contribution < 1.29 is 4.79 Å². The van der Waals surface area contributed by atoms with Crippen molar-refractivity contribution in [3.05, 3.63) is 10.6 Å². The normalized spacial score (nSPS) is 24.6. The van der Waals surface area contributed by atoms with E-state index in [1.165, 1.54) is 11.3 Å². The summed E-state index contributed by atoms with van der Waals surface area (Å²) in [5.41, 5.74) is 6.98. The molecule has 0 aliphatic heterocycles. The Bertz CT molecular complexity index is 396. The van der Waals surface area contributed by atoms with Gasteiger partial charge in [0.15, 0.2) is 5.13 Å². The van der Waals surface area contributed by atoms with Crippen molar-refractivity contribution in [2.45, 2.75) is 45.6 Å². The molecule has 1 saturated carbocycles. The summed E-state index contributed by atoms with van der Waals surface area (Å²) in [7, 11) is 0. The number of amides is 1. The van der Waals surface area contributed by atoms with Crippen LogP contribution in [0, 0.1) is 19.8 Å². The van der Waals surface area contributed by atoms with Gasteiger partial charge in [-0.15, -0.1) is 11.3 Å². The van der Waals surface area contributed by atoms with Crippen LogP contribution in [-0.4, -0.2) is 16.9 Å². The standard InChI is InChI=1S/C12H19N3OS/c1-7-8(2)17-12(14-7)15-11(16)9-5-3-4-6-10(9)13/h9-10H,3-6,13H2,1-2H3,(H,14,15,16). The highest BCUT2D eigenvalue weighted by atomic mass is 32.1. The van der Waals surface area contributed by atoms with Crippen molar-refractivity contribution >= 4 is 22.4 Å². The molecule has 1 heterocycles. The number of hydrogen-bond donors (Lipinski definition) is 2. The van der Waals surface area contributed by atoms with Crippen LogP contribution in [0.4, 0.5) is 5.13 Å². The Morgan fingerprint density at radius 3 is 2.71 bits per heavy atom. The predicted octanol–water partition coefficient (Wildman–Crippen LogP) is 2.22. The molecule has 2 atom stereocenters. The fraction of sp³-hybridized carbons (Fsp3) is 0.667. The lowest BCUT2D eigenvalue weighted by Crippen LogP contribution is -2.40. The summed E-state index contributed by atoms with van der Waals surface area (Å²) in [4.78, 5) is 17.5. The van der Waals surface area contributed by atoms with Gasteiger partial charge in [-0.3, -0.25) is 4.79 Å². The molecule has 1 aromatic heterocycles. The smallest absolute Gasteiger partial charge is 0.230 e. The molecule has 1 amide bonds. The van der Waals surface area contributed by atoms with Crippen LogP contribution in [-0.2, 0) is 4.79 Å². The van der Waals surface area contributed by atoms with Gasteiger partial charge in [0, 0.05) is 10.9 Å². The molecule has 2 unspecified atom stereocenters. The summed E-state index contributed by atoms with van der Waals surface area (Å²) in [6.45, 7) is 3.96. The number of nitrogens with two attached hydrogens (primary N) is 1. The van der Waals surface area contributed by atoms with Gasteiger partial charge in [-0.1, -0.05) is 12.8 Å². The topological polar surface area (TPSA) is 68.0 Å². The summed E-state index contributed by atoms with van der Waals surface area (Å²) in [5, 5.41) is 3.59. The maximum absolute atomic E-state index is 12.1. The Morgan fingerprint density at radius 2 is 2.12 bits per heavy atom. The summed E-state index contributed by atoms with van der Waals surface area (Å²) in [5.74, 6) is -0.0146. The monoisotopic (exact) mass is 253 g/mol. The Labute approximate surface area is 106 Å². The first-order chi connectivity index (χ1) is 8.08. The zero-order chi connectivity index (χ0) is 12.4. The van der Waals surface area contributed by atoms with Gasteiger partial charge < -0.3 is 11.1 Å². The Hall–Kier alpha value is -0.940. The number of hydrogen-bond acceptors (Lipinski definition) is 4. The summed E-state index contributed by atoms with van der Waals surface area (Å²) < 4.78 is 0. The molecule has 1 aliphatic rings. The second-order valence-corrected chi connectivity index (χ2v) is 5.91. The van der Waals surface area contributed by atoms with Gasteiger partial charge in [-0.05, 0) is 26.7 Å². The lowest BCUT2D eigenvalue weighted by molar-refractivity contribution is -0.121. The highest BCUT2D eigenvalue weighted by Crippen LogP contribution is 2.26. The van der Waals surface area contributed by atoms with E-state index >= 15 is 0 Å². The number of nitrogens with zero attached hydrogens (tertiary/aromatic N) is 1. The van der Waals surface area contributed by atoms with Crippen LogP contribution in [0.5, 0.6) is 0 Å². The van der Waals surface area contributed by atoms with Crippen molar-refractivity contribution in [2.75, 3.05) is 5.32 Å². The first-order valence-electron chi connectivity index (χ1n) is 6.08. The summed E-state index contributed by atoms with van der Waals surface area (Å²) in [6.07, 6.45) is 4.09. The molecule has 3 N–H and O–H groups in total. The SMILES string of the molecule is Cc1nc(NC(=O)C2CCCCC2N)sc1C. The van der Waals surface area contributed by atoms with E-state index in [1.807, 2.05) is 13.8 Å². The number of thiazole rings is 1. The Morgan fingerprint density at radius 1 is 1.41 bits per heavy atom. The molecule has 2 rings (SSSR count). The van der Waals surface area contributed by atoms with Crippen molar-refractivity contribution in [2.24, 2.45) is 11.7 Å². The van der Waals surface area contributed by atoms with Gasteiger partial charge in [0.05, 0.1) is 11.6 Å². The minimum absolute atomic E-state index is 0.00547. The summed E-state index contributed by atoms with van der Waals surface area (Å²) in [6, 6.07) is 0.00547. The van der Waals surface area contributed by atoms with Crippen LogP contribution >= 0.6 is 11.3 Å². The maximum Gasteiger partial charge on any atom is 0.230 e. The third-order valence-corrected chi connectivity index (χ3v) is 4.40. The number of carbonyl (C=O) groups excluding carboxylic acids is 1. The minimum atomic E-state index is -0.0479. The van der Waals surface area contributed by atoms with Crippen LogP contribution in [0.2, 0.25) is 0 Å². The molecule has 0 aromatic carbocycles. The fourth-order valence-corrected chi connectivity index (χ4v) is 3.03. The van der Waals surface area contributed by atoms with Crippen molar-refractivity contribution in [1.82, 2.24) is 4.98 Å². The first-order valence-corrected chi connectivity index (χ1v) is 6.90. The molecule has 1 aromatic rings. The van der Waals surface area contributed by atoms with E-state index in [0.717, 1.165) is 36.3 Å². The van der Waals surface area contributed by atoms with Gasteiger partial charge >= 0.3 is 0 Å². The highest BCUT2D eigenvalue weighted by Gasteiger charge is 2.28. The molecule has 0 spiro atoms. The van der Waals surface area contributed by atoms with Crippen LogP contribution in [0.15, 0.2) is 0 Å². The number of aryl methyl sites for hydroxylation is 2. The van der Waals surface area contributed by atoms with Gasteiger partial charge in [0.2, 0.25) is 5.91 Å². The predicted molar refractivity (Wildman–Crippen MR) is 70.2 cm³/mol. The van der Waals surface area contributed by atoms with Gasteiger partial charge in [-0.2, -0.15) is 0 Å². The minimum Gasteiger partial charge on any atom is -0.327 e. The zero-order valence-electron chi connectivity index (χ0n) is 10.3. The van der Waals surface area contributed by atoms with Crippen molar-refractivity contribution in [1.29, 1.82) is 0 Å².